The maximum Gasteiger partial charge on any atom is 0.136 e. The van der Waals surface area contributed by atoms with Gasteiger partial charge in [-0.25, -0.2) is 0 Å². The fourth-order valence-corrected chi connectivity index (χ4v) is 8.39. The first-order valence-electron chi connectivity index (χ1n) is 20.2. The van der Waals surface area contributed by atoms with Gasteiger partial charge in [-0.05, 0) is 76.2 Å². The monoisotopic (exact) mass is 956 g/mol. The molecule has 0 aliphatic carbocycles. The summed E-state index contributed by atoms with van der Waals surface area (Å²) < 4.78 is 15.6. The first-order valence-corrected chi connectivity index (χ1v) is 20.2. The molecule has 0 bridgehead atoms. The van der Waals surface area contributed by atoms with Crippen LogP contribution in [0.1, 0.15) is 50.7 Å². The Kier molecular flexibility index (Phi) is 10.5. The third kappa shape index (κ3) is 6.82. The van der Waals surface area contributed by atoms with Gasteiger partial charge >= 0.3 is 0 Å². The zero-order valence-electron chi connectivity index (χ0n) is 33.7. The number of hydrogen-bond donors (Lipinski definition) is 0. The summed E-state index contributed by atoms with van der Waals surface area (Å²) in [6, 6.07) is 60.4. The summed E-state index contributed by atoms with van der Waals surface area (Å²) in [4.78, 5) is 9.54. The summed E-state index contributed by atoms with van der Waals surface area (Å²) in [5, 5.41) is 4.43. The van der Waals surface area contributed by atoms with Gasteiger partial charge in [0.2, 0.25) is 0 Å². The van der Waals surface area contributed by atoms with Crippen molar-refractivity contribution < 1.29 is 28.9 Å². The van der Waals surface area contributed by atoms with E-state index in [2.05, 4.69) is 146 Å². The smallest absolute Gasteiger partial charge is 0.136 e. The minimum Gasteiger partial charge on any atom is -0.501 e. The third-order valence-corrected chi connectivity index (χ3v) is 11.1. The van der Waals surface area contributed by atoms with Gasteiger partial charge in [-0.15, -0.1) is 54.1 Å². The molecule has 0 N–H and O–H groups in total. The van der Waals surface area contributed by atoms with Crippen LogP contribution in [0.3, 0.4) is 0 Å². The Bertz CT molecular complexity index is 3230. The van der Waals surface area contributed by atoms with Crippen LogP contribution in [0.4, 0.5) is 0 Å². The Balaban J connectivity index is 0.000000306. The molecule has 7 aromatic carbocycles. The van der Waals surface area contributed by atoms with E-state index in [4.69, 9.17) is 13.8 Å². The van der Waals surface area contributed by atoms with E-state index in [1.807, 2.05) is 60.7 Å². The Morgan fingerprint density at radius 2 is 1.37 bits per heavy atom. The molecule has 295 valence electrons. The summed E-state index contributed by atoms with van der Waals surface area (Å²) in [7, 11) is 0. The number of rotatable bonds is 6. The minimum atomic E-state index is 0. The topological polar surface area (TPSA) is 57.0 Å². The SMILES string of the molecule is CC(C)c1cc2oc3ccccc3c2c(C(C)C)c1-n1c(-c2[c-]ccc3c2oc2cc(-c4ccccc4)ccc23)nc2ccccc21.[Ir].[c-]1ccccc1-c1ccccn1. The molecule has 0 unspecified atom stereocenters. The van der Waals surface area contributed by atoms with Crippen molar-refractivity contribution in [2.24, 2.45) is 0 Å². The molecule has 4 aromatic heterocycles. The van der Waals surface area contributed by atoms with Gasteiger partial charge in [0, 0.05) is 48.1 Å². The number of nitrogens with zero attached hydrogens (tertiary/aromatic N) is 3. The maximum absolute atomic E-state index is 6.76. The second kappa shape index (κ2) is 16.2. The van der Waals surface area contributed by atoms with Crippen LogP contribution >= 0.6 is 0 Å². The predicted octanol–water partition coefficient (Wildman–Crippen LogP) is 14.8. The summed E-state index contributed by atoms with van der Waals surface area (Å²) in [5.74, 6) is 1.26. The van der Waals surface area contributed by atoms with Gasteiger partial charge < -0.3 is 18.4 Å². The molecule has 6 heteroatoms. The zero-order chi connectivity index (χ0) is 40.0. The van der Waals surface area contributed by atoms with Crippen molar-refractivity contribution in [1.82, 2.24) is 14.5 Å². The van der Waals surface area contributed by atoms with Crippen LogP contribution < -0.4 is 0 Å². The fraction of sp³-hybridized carbons (Fsp3) is 0.111. The van der Waals surface area contributed by atoms with E-state index in [0.29, 0.717) is 0 Å². The number of aromatic nitrogens is 3. The second-order valence-electron chi connectivity index (χ2n) is 15.5. The van der Waals surface area contributed by atoms with Crippen molar-refractivity contribution in [1.29, 1.82) is 0 Å². The summed E-state index contributed by atoms with van der Waals surface area (Å²) >= 11 is 0. The van der Waals surface area contributed by atoms with Crippen molar-refractivity contribution in [2.45, 2.75) is 39.5 Å². The van der Waals surface area contributed by atoms with E-state index < -0.39 is 0 Å². The molecular formula is C54H41IrN3O2-2. The molecule has 11 rings (SSSR count). The van der Waals surface area contributed by atoms with E-state index in [-0.39, 0.29) is 31.9 Å². The van der Waals surface area contributed by atoms with Crippen LogP contribution in [0.25, 0.3) is 94.4 Å². The average molecular weight is 956 g/mol. The van der Waals surface area contributed by atoms with Gasteiger partial charge in [0.05, 0.1) is 22.4 Å². The second-order valence-corrected chi connectivity index (χ2v) is 15.5. The number of furan rings is 2. The molecule has 11 aromatic rings. The van der Waals surface area contributed by atoms with E-state index in [1.165, 1.54) is 11.1 Å². The molecule has 4 heterocycles. The number of benzene rings is 7. The molecule has 0 fully saturated rings. The Labute approximate surface area is 362 Å². The number of pyridine rings is 1. The molecule has 0 saturated heterocycles. The first kappa shape index (κ1) is 38.9. The van der Waals surface area contributed by atoms with Crippen molar-refractivity contribution in [3.63, 3.8) is 0 Å². The van der Waals surface area contributed by atoms with Crippen molar-refractivity contribution in [2.75, 3.05) is 0 Å². The van der Waals surface area contributed by atoms with E-state index >= 15 is 0 Å². The van der Waals surface area contributed by atoms with Crippen LogP contribution in [0.2, 0.25) is 0 Å². The van der Waals surface area contributed by atoms with Gasteiger partial charge in [0.15, 0.2) is 0 Å². The molecule has 0 spiro atoms. The largest absolute Gasteiger partial charge is 0.501 e. The first-order chi connectivity index (χ1) is 28.9. The summed E-state index contributed by atoms with van der Waals surface area (Å²) in [6.45, 7) is 9.07. The van der Waals surface area contributed by atoms with Gasteiger partial charge in [0.1, 0.15) is 16.7 Å². The number of fused-ring (bicyclic) bond motifs is 7. The normalized spacial score (nSPS) is 11.5. The Morgan fingerprint density at radius 3 is 2.15 bits per heavy atom. The maximum atomic E-state index is 6.76. The standard InChI is InChI=1S/C43H33N2O2.C11H8N.Ir/c1-25(2)33-24-38-40(31-15-8-11-20-36(31)46-38)39(26(3)4)41(33)45-35-19-10-9-18-34(35)44-43(45)32-17-12-16-30-29-22-21-28(23-37(29)47-42(30)32)27-13-6-5-7-14-27;1-2-6-10(7-3-1)11-8-4-5-9-12-11;/h5-16,18-26H,1-4H3;1-6,8-9H;/q2*-1;. The van der Waals surface area contributed by atoms with Crippen LogP contribution in [-0.2, 0) is 20.1 Å². The summed E-state index contributed by atoms with van der Waals surface area (Å²) in [6.07, 6.45) is 1.79. The molecule has 60 heavy (non-hydrogen) atoms. The Hall–Kier alpha value is -6.59. The zero-order valence-corrected chi connectivity index (χ0v) is 36.1. The molecule has 0 amide bonds. The quantitative estimate of drug-likeness (QED) is 0.156. The summed E-state index contributed by atoms with van der Waals surface area (Å²) in [5.41, 5.74) is 14.2. The molecule has 0 saturated carbocycles. The van der Waals surface area contributed by atoms with Gasteiger partial charge in [-0.3, -0.25) is 4.98 Å². The van der Waals surface area contributed by atoms with Gasteiger partial charge in [-0.1, -0.05) is 124 Å². The Morgan fingerprint density at radius 1 is 0.583 bits per heavy atom. The number of imidazole rings is 1. The molecule has 5 nitrogen and oxygen atoms in total. The predicted molar refractivity (Wildman–Crippen MR) is 242 cm³/mol. The molecule has 0 aliphatic rings. The van der Waals surface area contributed by atoms with E-state index in [0.717, 1.165) is 94.4 Å². The van der Waals surface area contributed by atoms with Crippen LogP contribution in [0.5, 0.6) is 0 Å². The third-order valence-electron chi connectivity index (χ3n) is 11.1. The van der Waals surface area contributed by atoms with Gasteiger partial charge in [0.25, 0.3) is 0 Å². The number of hydrogen-bond acceptors (Lipinski definition) is 4. The van der Waals surface area contributed by atoms with Crippen LogP contribution in [0, 0.1) is 12.1 Å². The fourth-order valence-electron chi connectivity index (χ4n) is 8.39. The molecule has 0 atom stereocenters. The minimum absolute atomic E-state index is 0. The van der Waals surface area contributed by atoms with E-state index in [1.54, 1.807) is 6.20 Å². The molecule has 1 radical (unpaired) electrons. The average Bonchev–Trinajstić information content (AvgIpc) is 3.98. The van der Waals surface area contributed by atoms with Gasteiger partial charge in [-0.2, -0.15) is 0 Å². The van der Waals surface area contributed by atoms with Crippen molar-refractivity contribution in [3.05, 3.63) is 187 Å². The molecule has 0 aliphatic heterocycles. The van der Waals surface area contributed by atoms with Crippen LogP contribution in [0.15, 0.2) is 173 Å². The van der Waals surface area contributed by atoms with Crippen LogP contribution in [-0.4, -0.2) is 14.5 Å². The van der Waals surface area contributed by atoms with Crippen molar-refractivity contribution in [3.8, 4) is 39.5 Å². The van der Waals surface area contributed by atoms with E-state index in [9.17, 15) is 0 Å². The number of para-hydroxylation sites is 3. The molecular weight excluding hydrogens is 915 g/mol. The van der Waals surface area contributed by atoms with Crippen molar-refractivity contribution >= 4 is 54.9 Å².